The van der Waals surface area contributed by atoms with Crippen LogP contribution >= 0.6 is 0 Å². The lowest BCUT2D eigenvalue weighted by Gasteiger charge is -2.46. The van der Waals surface area contributed by atoms with Gasteiger partial charge in [-0.2, -0.15) is 0 Å². The number of amides is 2. The lowest BCUT2D eigenvalue weighted by atomic mass is 9.90. The predicted molar refractivity (Wildman–Crippen MR) is 103 cm³/mol. The summed E-state index contributed by atoms with van der Waals surface area (Å²) < 4.78 is 0. The number of H-pyrrole nitrogens is 1. The lowest BCUT2D eigenvalue weighted by molar-refractivity contribution is -0.159. The SMILES string of the molecule is C[C@H]1c2[nH]c3ccccc3c2C[C@H]2C(=O)N(Cc3ccccc3)CC(=O)N21. The number of carbonyl (C=O) groups excluding carboxylic acids is 2. The van der Waals surface area contributed by atoms with Crippen LogP contribution < -0.4 is 0 Å². The number of nitrogens with zero attached hydrogens (tertiary/aromatic N) is 2. The second-order valence-corrected chi connectivity index (χ2v) is 7.44. The number of carbonyl (C=O) groups is 2. The first-order valence-corrected chi connectivity index (χ1v) is 9.37. The standard InChI is InChI=1S/C22H21N3O2/c1-14-21-17(16-9-5-6-10-18(16)23-21)11-19-22(27)24(13-20(26)25(14)19)12-15-7-3-2-4-8-15/h2-10,14,19,23H,11-13H2,1H3/t14-,19-/m0/s1. The highest BCUT2D eigenvalue weighted by molar-refractivity contribution is 5.97. The van der Waals surface area contributed by atoms with Crippen molar-refractivity contribution in [3.8, 4) is 0 Å². The van der Waals surface area contributed by atoms with Crippen LogP contribution in [0, 0.1) is 0 Å². The van der Waals surface area contributed by atoms with E-state index in [1.165, 1.54) is 5.56 Å². The Morgan fingerprint density at radius 2 is 1.78 bits per heavy atom. The molecular formula is C22H21N3O2. The highest BCUT2D eigenvalue weighted by Gasteiger charge is 2.46. The maximum Gasteiger partial charge on any atom is 0.246 e. The molecule has 2 aliphatic rings. The Morgan fingerprint density at radius 3 is 2.59 bits per heavy atom. The van der Waals surface area contributed by atoms with Gasteiger partial charge in [-0.3, -0.25) is 9.59 Å². The molecule has 27 heavy (non-hydrogen) atoms. The molecule has 0 spiro atoms. The number of fused-ring (bicyclic) bond motifs is 4. The fourth-order valence-corrected chi connectivity index (χ4v) is 4.57. The van der Waals surface area contributed by atoms with E-state index in [4.69, 9.17) is 0 Å². The zero-order chi connectivity index (χ0) is 18.5. The second-order valence-electron chi connectivity index (χ2n) is 7.44. The van der Waals surface area contributed by atoms with Crippen molar-refractivity contribution in [1.29, 1.82) is 0 Å². The van der Waals surface area contributed by atoms with Crippen molar-refractivity contribution in [2.24, 2.45) is 0 Å². The van der Waals surface area contributed by atoms with Gasteiger partial charge in [0, 0.05) is 29.6 Å². The largest absolute Gasteiger partial charge is 0.356 e. The monoisotopic (exact) mass is 359 g/mol. The van der Waals surface area contributed by atoms with Gasteiger partial charge in [-0.1, -0.05) is 48.5 Å². The maximum atomic E-state index is 13.2. The zero-order valence-electron chi connectivity index (χ0n) is 15.2. The highest BCUT2D eigenvalue weighted by atomic mass is 16.2. The van der Waals surface area contributed by atoms with Crippen molar-refractivity contribution in [3.63, 3.8) is 0 Å². The lowest BCUT2D eigenvalue weighted by Crippen LogP contribution is -2.62. The number of hydrogen-bond donors (Lipinski definition) is 1. The summed E-state index contributed by atoms with van der Waals surface area (Å²) in [4.78, 5) is 33.1. The van der Waals surface area contributed by atoms with Crippen LogP contribution in [0.1, 0.15) is 29.8 Å². The minimum absolute atomic E-state index is 0.0207. The normalized spacial score (nSPS) is 22.1. The van der Waals surface area contributed by atoms with Crippen molar-refractivity contribution in [2.45, 2.75) is 32.0 Å². The second kappa shape index (κ2) is 5.98. The van der Waals surface area contributed by atoms with Crippen LogP contribution in [0.15, 0.2) is 54.6 Å². The average molecular weight is 359 g/mol. The minimum Gasteiger partial charge on any atom is -0.356 e. The molecule has 136 valence electrons. The van der Waals surface area contributed by atoms with Crippen LogP contribution in [0.25, 0.3) is 10.9 Å². The van der Waals surface area contributed by atoms with Crippen LogP contribution in [0.3, 0.4) is 0 Å². The van der Waals surface area contributed by atoms with Crippen molar-refractivity contribution < 1.29 is 9.59 Å². The van der Waals surface area contributed by atoms with E-state index in [1.54, 1.807) is 9.80 Å². The zero-order valence-corrected chi connectivity index (χ0v) is 15.2. The molecule has 1 aromatic heterocycles. The number of aromatic nitrogens is 1. The van der Waals surface area contributed by atoms with E-state index in [-0.39, 0.29) is 24.4 Å². The molecule has 5 nitrogen and oxygen atoms in total. The van der Waals surface area contributed by atoms with Gasteiger partial charge in [-0.05, 0) is 24.1 Å². The molecular weight excluding hydrogens is 338 g/mol. The first-order chi connectivity index (χ1) is 13.1. The van der Waals surface area contributed by atoms with Crippen molar-refractivity contribution in [2.75, 3.05) is 6.54 Å². The molecule has 2 atom stereocenters. The van der Waals surface area contributed by atoms with E-state index < -0.39 is 6.04 Å². The number of hydrogen-bond acceptors (Lipinski definition) is 2. The summed E-state index contributed by atoms with van der Waals surface area (Å²) in [5.74, 6) is 0.0635. The summed E-state index contributed by atoms with van der Waals surface area (Å²) in [7, 11) is 0. The Morgan fingerprint density at radius 1 is 1.04 bits per heavy atom. The Balaban J connectivity index is 1.52. The summed E-state index contributed by atoms with van der Waals surface area (Å²) in [5, 5.41) is 1.15. The first-order valence-electron chi connectivity index (χ1n) is 9.37. The van der Waals surface area contributed by atoms with Gasteiger partial charge in [0.15, 0.2) is 0 Å². The third kappa shape index (κ3) is 2.46. The Bertz CT molecular complexity index is 1040. The number of piperazine rings is 1. The van der Waals surface area contributed by atoms with Gasteiger partial charge >= 0.3 is 0 Å². The van der Waals surface area contributed by atoms with Crippen LogP contribution in [-0.2, 0) is 22.6 Å². The molecule has 1 saturated heterocycles. The van der Waals surface area contributed by atoms with Gasteiger partial charge < -0.3 is 14.8 Å². The van der Waals surface area contributed by atoms with Crippen LogP contribution in [-0.4, -0.2) is 39.2 Å². The number of rotatable bonds is 2. The molecule has 0 saturated carbocycles. The molecule has 0 radical (unpaired) electrons. The molecule has 0 aliphatic carbocycles. The summed E-state index contributed by atoms with van der Waals surface area (Å²) in [6.45, 7) is 2.63. The van der Waals surface area contributed by atoms with Gasteiger partial charge in [-0.15, -0.1) is 0 Å². The molecule has 1 N–H and O–H groups in total. The van der Waals surface area contributed by atoms with E-state index >= 15 is 0 Å². The molecule has 3 heterocycles. The van der Waals surface area contributed by atoms with Gasteiger partial charge in [0.1, 0.15) is 12.6 Å². The third-order valence-electron chi connectivity index (χ3n) is 5.84. The van der Waals surface area contributed by atoms with Gasteiger partial charge in [-0.25, -0.2) is 0 Å². The van der Waals surface area contributed by atoms with Crippen LogP contribution in [0.2, 0.25) is 0 Å². The highest BCUT2D eigenvalue weighted by Crippen LogP contribution is 2.39. The molecule has 3 aromatic rings. The molecule has 1 fully saturated rings. The summed E-state index contributed by atoms with van der Waals surface area (Å²) >= 11 is 0. The van der Waals surface area contributed by atoms with Crippen LogP contribution in [0.5, 0.6) is 0 Å². The Kier molecular flexibility index (Phi) is 3.57. The summed E-state index contributed by atoms with van der Waals surface area (Å²) in [5.41, 5.74) is 4.34. The molecule has 2 aromatic carbocycles. The first kappa shape index (κ1) is 16.1. The van der Waals surface area contributed by atoms with Gasteiger partial charge in [0.2, 0.25) is 11.8 Å². The molecule has 5 heteroatoms. The molecule has 2 aliphatic heterocycles. The summed E-state index contributed by atoms with van der Waals surface area (Å²) in [6, 6.07) is 17.5. The number of benzene rings is 2. The maximum absolute atomic E-state index is 13.2. The van der Waals surface area contributed by atoms with Crippen molar-refractivity contribution >= 4 is 22.7 Å². The van der Waals surface area contributed by atoms with Crippen molar-refractivity contribution in [1.82, 2.24) is 14.8 Å². The predicted octanol–water partition coefficient (Wildman–Crippen LogP) is 3.02. The van der Waals surface area contributed by atoms with E-state index in [9.17, 15) is 9.59 Å². The molecule has 0 unspecified atom stereocenters. The number of para-hydroxylation sites is 1. The van der Waals surface area contributed by atoms with Crippen molar-refractivity contribution in [3.05, 3.63) is 71.4 Å². The third-order valence-corrected chi connectivity index (χ3v) is 5.84. The topological polar surface area (TPSA) is 56.4 Å². The van der Waals surface area contributed by atoms with E-state index in [0.717, 1.165) is 22.2 Å². The smallest absolute Gasteiger partial charge is 0.246 e. The van der Waals surface area contributed by atoms with Crippen LogP contribution in [0.4, 0.5) is 0 Å². The number of nitrogens with one attached hydrogen (secondary N) is 1. The molecule has 0 bridgehead atoms. The Labute approximate surface area is 157 Å². The van der Waals surface area contributed by atoms with E-state index in [0.29, 0.717) is 13.0 Å². The molecule has 2 amide bonds. The van der Waals surface area contributed by atoms with Gasteiger partial charge in [0.05, 0.1) is 6.04 Å². The fourth-order valence-electron chi connectivity index (χ4n) is 4.57. The molecule has 5 rings (SSSR count). The van der Waals surface area contributed by atoms with E-state index in [1.807, 2.05) is 55.5 Å². The van der Waals surface area contributed by atoms with Gasteiger partial charge in [0.25, 0.3) is 0 Å². The average Bonchev–Trinajstić information content (AvgIpc) is 3.06. The summed E-state index contributed by atoms with van der Waals surface area (Å²) in [6.07, 6.45) is 0.569. The van der Waals surface area contributed by atoms with E-state index in [2.05, 4.69) is 11.1 Å². The Hall–Kier alpha value is -3.08. The number of aromatic amines is 1. The fraction of sp³-hybridized carbons (Fsp3) is 0.273. The minimum atomic E-state index is -0.420. The quantitative estimate of drug-likeness (QED) is 0.765.